The molecule has 0 saturated heterocycles. The lowest BCUT2D eigenvalue weighted by Gasteiger charge is -2.02. The number of carboxylic acid groups (broad SMARTS) is 1. The minimum Gasteiger partial charge on any atom is -0.481 e. The SMILES string of the molecule is O=C(O)C1CC1c1nc(Cc2c(Cl)cccc2Cl)no1. The molecule has 20 heavy (non-hydrogen) atoms. The molecule has 0 bridgehead atoms. The summed E-state index contributed by atoms with van der Waals surface area (Å²) in [4.78, 5) is 15.0. The molecule has 2 aromatic rings. The molecular formula is C13H10Cl2N2O3. The van der Waals surface area contributed by atoms with E-state index in [1.807, 2.05) is 0 Å². The van der Waals surface area contributed by atoms with Crippen molar-refractivity contribution in [3.63, 3.8) is 0 Å². The lowest BCUT2D eigenvalue weighted by Crippen LogP contribution is -1.99. The van der Waals surface area contributed by atoms with E-state index in [1.165, 1.54) is 0 Å². The van der Waals surface area contributed by atoms with E-state index >= 15 is 0 Å². The molecule has 1 aromatic heterocycles. The lowest BCUT2D eigenvalue weighted by atomic mass is 10.1. The largest absolute Gasteiger partial charge is 0.481 e. The number of halogens is 2. The molecule has 1 heterocycles. The van der Waals surface area contributed by atoms with Gasteiger partial charge in [-0.2, -0.15) is 4.98 Å². The molecule has 2 atom stereocenters. The number of aromatic nitrogens is 2. The topological polar surface area (TPSA) is 76.2 Å². The Morgan fingerprint density at radius 2 is 2.10 bits per heavy atom. The third-order valence-corrected chi connectivity index (χ3v) is 4.01. The van der Waals surface area contributed by atoms with Gasteiger partial charge in [0.25, 0.3) is 0 Å². The molecule has 1 aliphatic rings. The molecule has 7 heteroatoms. The van der Waals surface area contributed by atoms with Crippen LogP contribution >= 0.6 is 23.2 Å². The van der Waals surface area contributed by atoms with Crippen LogP contribution in [-0.4, -0.2) is 21.2 Å². The van der Waals surface area contributed by atoms with E-state index < -0.39 is 11.9 Å². The van der Waals surface area contributed by atoms with E-state index in [1.54, 1.807) is 18.2 Å². The summed E-state index contributed by atoms with van der Waals surface area (Å²) in [5.74, 6) is -0.590. The first kappa shape index (κ1) is 13.4. The van der Waals surface area contributed by atoms with Gasteiger partial charge in [-0.3, -0.25) is 4.79 Å². The number of nitrogens with zero attached hydrogens (tertiary/aromatic N) is 2. The average Bonchev–Trinajstić information content (AvgIpc) is 3.07. The number of carboxylic acids is 1. The molecule has 0 amide bonds. The highest BCUT2D eigenvalue weighted by Gasteiger charge is 2.48. The van der Waals surface area contributed by atoms with Crippen LogP contribution in [0.2, 0.25) is 10.0 Å². The second-order valence-corrected chi connectivity index (χ2v) is 5.53. The van der Waals surface area contributed by atoms with Gasteiger partial charge in [0.2, 0.25) is 5.89 Å². The number of rotatable bonds is 4. The third kappa shape index (κ3) is 2.51. The molecule has 3 rings (SSSR count). The van der Waals surface area contributed by atoms with E-state index in [9.17, 15) is 4.79 Å². The molecule has 1 fully saturated rings. The van der Waals surface area contributed by atoms with Crippen molar-refractivity contribution in [1.29, 1.82) is 0 Å². The fourth-order valence-electron chi connectivity index (χ4n) is 2.09. The molecule has 0 aliphatic heterocycles. The Morgan fingerprint density at radius 1 is 1.40 bits per heavy atom. The van der Waals surface area contributed by atoms with Gasteiger partial charge in [0, 0.05) is 16.5 Å². The van der Waals surface area contributed by atoms with Gasteiger partial charge in [0.15, 0.2) is 5.82 Å². The first-order chi connectivity index (χ1) is 9.56. The van der Waals surface area contributed by atoms with Crippen LogP contribution in [0.1, 0.15) is 29.6 Å². The quantitative estimate of drug-likeness (QED) is 0.938. The highest BCUT2D eigenvalue weighted by atomic mass is 35.5. The van der Waals surface area contributed by atoms with Crippen LogP contribution in [0.25, 0.3) is 0 Å². The second-order valence-electron chi connectivity index (χ2n) is 4.71. The predicted molar refractivity (Wildman–Crippen MR) is 72.0 cm³/mol. The summed E-state index contributed by atoms with van der Waals surface area (Å²) in [6.45, 7) is 0. The summed E-state index contributed by atoms with van der Waals surface area (Å²) >= 11 is 12.2. The normalized spacial score (nSPS) is 20.9. The first-order valence-corrected chi connectivity index (χ1v) is 6.80. The van der Waals surface area contributed by atoms with E-state index in [0.717, 1.165) is 5.56 Å². The Labute approximate surface area is 124 Å². The molecule has 1 aliphatic carbocycles. The van der Waals surface area contributed by atoms with Gasteiger partial charge in [0.05, 0.1) is 11.8 Å². The highest BCUT2D eigenvalue weighted by molar-refractivity contribution is 6.36. The Balaban J connectivity index is 1.77. The summed E-state index contributed by atoms with van der Waals surface area (Å²) in [5.41, 5.74) is 0.730. The summed E-state index contributed by atoms with van der Waals surface area (Å²) in [6.07, 6.45) is 0.899. The number of carbonyl (C=O) groups is 1. The maximum absolute atomic E-state index is 10.8. The standard InChI is InChI=1S/C13H10Cl2N2O3/c14-9-2-1-3-10(15)8(9)5-11-16-12(20-17-11)6-4-7(6)13(18)19/h1-3,6-7H,4-5H2,(H,18,19). The molecule has 1 aromatic carbocycles. The van der Waals surface area contributed by atoms with Crippen molar-refractivity contribution in [2.24, 2.45) is 5.92 Å². The summed E-state index contributed by atoms with van der Waals surface area (Å²) in [7, 11) is 0. The summed E-state index contributed by atoms with van der Waals surface area (Å²) in [5, 5.41) is 13.8. The van der Waals surface area contributed by atoms with E-state index in [4.69, 9.17) is 32.8 Å². The van der Waals surface area contributed by atoms with Crippen LogP contribution in [0, 0.1) is 5.92 Å². The maximum Gasteiger partial charge on any atom is 0.307 e. The van der Waals surface area contributed by atoms with Crippen LogP contribution in [0.15, 0.2) is 22.7 Å². The van der Waals surface area contributed by atoms with Gasteiger partial charge in [0.1, 0.15) is 0 Å². The van der Waals surface area contributed by atoms with Crippen molar-refractivity contribution >= 4 is 29.2 Å². The Bertz CT molecular complexity index is 651. The van der Waals surface area contributed by atoms with E-state index in [-0.39, 0.29) is 5.92 Å². The maximum atomic E-state index is 10.8. The van der Waals surface area contributed by atoms with E-state index in [2.05, 4.69) is 10.1 Å². The van der Waals surface area contributed by atoms with Crippen molar-refractivity contribution in [3.8, 4) is 0 Å². The van der Waals surface area contributed by atoms with Crippen LogP contribution in [0.4, 0.5) is 0 Å². The highest BCUT2D eigenvalue weighted by Crippen LogP contribution is 2.46. The van der Waals surface area contributed by atoms with Gasteiger partial charge in [-0.25, -0.2) is 0 Å². The van der Waals surface area contributed by atoms with Gasteiger partial charge < -0.3 is 9.63 Å². The first-order valence-electron chi connectivity index (χ1n) is 6.04. The molecule has 0 radical (unpaired) electrons. The number of hydrogen-bond donors (Lipinski definition) is 1. The van der Waals surface area contributed by atoms with Crippen molar-refractivity contribution in [3.05, 3.63) is 45.5 Å². The van der Waals surface area contributed by atoms with Crippen LogP contribution in [0.5, 0.6) is 0 Å². The average molecular weight is 313 g/mol. The number of aliphatic carboxylic acids is 1. The predicted octanol–water partition coefficient (Wildman–Crippen LogP) is 3.16. The van der Waals surface area contributed by atoms with Crippen molar-refractivity contribution < 1.29 is 14.4 Å². The smallest absolute Gasteiger partial charge is 0.307 e. The summed E-state index contributed by atoms with van der Waals surface area (Å²) in [6, 6.07) is 5.24. The second kappa shape index (κ2) is 5.07. The zero-order valence-corrected chi connectivity index (χ0v) is 11.7. The van der Waals surface area contributed by atoms with Crippen molar-refractivity contribution in [2.45, 2.75) is 18.8 Å². The third-order valence-electron chi connectivity index (χ3n) is 3.31. The van der Waals surface area contributed by atoms with Crippen molar-refractivity contribution in [2.75, 3.05) is 0 Å². The Kier molecular flexibility index (Phi) is 3.40. The molecule has 1 N–H and O–H groups in total. The van der Waals surface area contributed by atoms with Crippen molar-refractivity contribution in [1.82, 2.24) is 10.1 Å². The molecule has 2 unspecified atom stereocenters. The molecule has 1 saturated carbocycles. The van der Waals surface area contributed by atoms with Gasteiger partial charge in [-0.15, -0.1) is 0 Å². The number of benzene rings is 1. The monoisotopic (exact) mass is 312 g/mol. The zero-order chi connectivity index (χ0) is 14.3. The summed E-state index contributed by atoms with van der Waals surface area (Å²) < 4.78 is 5.11. The number of hydrogen-bond acceptors (Lipinski definition) is 4. The fraction of sp³-hybridized carbons (Fsp3) is 0.308. The van der Waals surface area contributed by atoms with Crippen LogP contribution in [0.3, 0.4) is 0 Å². The zero-order valence-electron chi connectivity index (χ0n) is 10.2. The minimum absolute atomic E-state index is 0.171. The minimum atomic E-state index is -0.830. The van der Waals surface area contributed by atoms with Gasteiger partial charge in [-0.05, 0) is 24.1 Å². The lowest BCUT2D eigenvalue weighted by molar-refractivity contribution is -0.138. The molecule has 104 valence electrons. The fourth-order valence-corrected chi connectivity index (χ4v) is 2.62. The van der Waals surface area contributed by atoms with Crippen LogP contribution < -0.4 is 0 Å². The van der Waals surface area contributed by atoms with Crippen LogP contribution in [-0.2, 0) is 11.2 Å². The Morgan fingerprint density at radius 3 is 2.70 bits per heavy atom. The van der Waals surface area contributed by atoms with Gasteiger partial charge >= 0.3 is 5.97 Å². The molecular weight excluding hydrogens is 303 g/mol. The van der Waals surface area contributed by atoms with E-state index in [0.29, 0.717) is 34.6 Å². The molecule has 0 spiro atoms. The Hall–Kier alpha value is -1.59. The molecule has 5 nitrogen and oxygen atoms in total. The van der Waals surface area contributed by atoms with Gasteiger partial charge in [-0.1, -0.05) is 34.4 Å².